The fourth-order valence-corrected chi connectivity index (χ4v) is 2.52. The second-order valence-electron chi connectivity index (χ2n) is 5.56. The highest BCUT2D eigenvalue weighted by atomic mass is 79.9. The van der Waals surface area contributed by atoms with Crippen LogP contribution in [-0.2, 0) is 4.74 Å². The Labute approximate surface area is 125 Å². The molecule has 0 saturated carbocycles. The maximum atomic E-state index is 12.2. The first kappa shape index (κ1) is 14.7. The van der Waals surface area contributed by atoms with Crippen molar-refractivity contribution in [3.8, 4) is 0 Å². The number of imidazole rings is 1. The van der Waals surface area contributed by atoms with Crippen LogP contribution in [-0.4, -0.2) is 33.1 Å². The van der Waals surface area contributed by atoms with E-state index in [4.69, 9.17) is 16.3 Å². The van der Waals surface area contributed by atoms with E-state index >= 15 is 0 Å². The van der Waals surface area contributed by atoms with E-state index in [0.29, 0.717) is 22.1 Å². The maximum absolute atomic E-state index is 12.2. The van der Waals surface area contributed by atoms with E-state index < -0.39 is 5.60 Å². The number of hydrogen-bond donors (Lipinski definition) is 1. The number of aromatic amines is 1. The minimum Gasteiger partial charge on any atom is -0.444 e. The zero-order valence-corrected chi connectivity index (χ0v) is 13.5. The van der Waals surface area contributed by atoms with Crippen molar-refractivity contribution in [3.63, 3.8) is 0 Å². The molecule has 0 radical (unpaired) electrons. The Balaban J connectivity index is 2.15. The van der Waals surface area contributed by atoms with Crippen LogP contribution < -0.4 is 0 Å². The number of nitrogens with zero attached hydrogens (tertiary/aromatic N) is 2. The van der Waals surface area contributed by atoms with Gasteiger partial charge >= 0.3 is 6.09 Å². The molecule has 7 heteroatoms. The van der Waals surface area contributed by atoms with Crippen LogP contribution in [0.15, 0.2) is 4.60 Å². The first-order valence-electron chi connectivity index (χ1n) is 6.18. The molecule has 1 aliphatic heterocycles. The molecule has 0 unspecified atom stereocenters. The first-order chi connectivity index (χ1) is 8.78. The second-order valence-corrected chi connectivity index (χ2v) is 6.69. The number of amides is 1. The van der Waals surface area contributed by atoms with Gasteiger partial charge in [-0.3, -0.25) is 4.90 Å². The molecule has 1 aliphatic rings. The third-order valence-electron chi connectivity index (χ3n) is 2.83. The van der Waals surface area contributed by atoms with Crippen LogP contribution in [0.5, 0.6) is 0 Å². The van der Waals surface area contributed by atoms with Crippen molar-refractivity contribution >= 4 is 33.6 Å². The van der Waals surface area contributed by atoms with Crippen molar-refractivity contribution in [2.24, 2.45) is 0 Å². The molecule has 0 spiro atoms. The third-order valence-corrected chi connectivity index (χ3v) is 3.91. The Kier molecular flexibility index (Phi) is 4.11. The van der Waals surface area contributed by atoms with Gasteiger partial charge in [0, 0.05) is 6.54 Å². The van der Waals surface area contributed by atoms with E-state index in [2.05, 4.69) is 25.9 Å². The molecular weight excluding hydrogens is 334 g/mol. The highest BCUT2D eigenvalue weighted by Crippen LogP contribution is 2.33. The minimum atomic E-state index is -0.494. The van der Waals surface area contributed by atoms with Crippen molar-refractivity contribution < 1.29 is 9.53 Å². The molecule has 1 saturated heterocycles. The molecule has 1 fully saturated rings. The van der Waals surface area contributed by atoms with Gasteiger partial charge in [0.05, 0.1) is 6.04 Å². The lowest BCUT2D eigenvalue weighted by Crippen LogP contribution is -2.36. The van der Waals surface area contributed by atoms with Crippen molar-refractivity contribution in [3.05, 3.63) is 15.6 Å². The van der Waals surface area contributed by atoms with Crippen LogP contribution in [0, 0.1) is 0 Å². The van der Waals surface area contributed by atoms with Crippen LogP contribution >= 0.6 is 27.5 Å². The summed E-state index contributed by atoms with van der Waals surface area (Å²) in [5.74, 6) is 0.695. The normalized spacial score (nSPS) is 19.8. The number of carbonyl (C=O) groups excluding carboxylic acids is 1. The van der Waals surface area contributed by atoms with E-state index in [1.807, 2.05) is 20.8 Å². The Morgan fingerprint density at radius 1 is 1.58 bits per heavy atom. The smallest absolute Gasteiger partial charge is 0.410 e. The molecule has 2 rings (SSSR count). The highest BCUT2D eigenvalue weighted by molar-refractivity contribution is 9.10. The summed E-state index contributed by atoms with van der Waals surface area (Å²) in [7, 11) is 0. The fraction of sp³-hybridized carbons (Fsp3) is 0.667. The van der Waals surface area contributed by atoms with Crippen molar-refractivity contribution in [1.82, 2.24) is 14.9 Å². The largest absolute Gasteiger partial charge is 0.444 e. The predicted molar refractivity (Wildman–Crippen MR) is 76.2 cm³/mol. The highest BCUT2D eigenvalue weighted by Gasteiger charge is 2.35. The molecule has 1 aromatic heterocycles. The molecule has 1 N–H and O–H groups in total. The Morgan fingerprint density at radius 3 is 2.79 bits per heavy atom. The van der Waals surface area contributed by atoms with Crippen molar-refractivity contribution in [2.75, 3.05) is 6.54 Å². The van der Waals surface area contributed by atoms with Crippen LogP contribution in [0.4, 0.5) is 4.79 Å². The summed E-state index contributed by atoms with van der Waals surface area (Å²) in [5.41, 5.74) is -0.494. The van der Waals surface area contributed by atoms with Gasteiger partial charge in [0.15, 0.2) is 0 Å². The van der Waals surface area contributed by atoms with Crippen molar-refractivity contribution in [2.45, 2.75) is 45.3 Å². The number of carbonyl (C=O) groups is 1. The molecule has 5 nitrogen and oxygen atoms in total. The van der Waals surface area contributed by atoms with Gasteiger partial charge in [-0.25, -0.2) is 9.78 Å². The number of likely N-dealkylation sites (tertiary alicyclic amines) is 1. The molecular formula is C12H17BrClN3O2. The van der Waals surface area contributed by atoms with Crippen LogP contribution in [0.25, 0.3) is 0 Å². The van der Waals surface area contributed by atoms with Gasteiger partial charge < -0.3 is 9.72 Å². The minimum absolute atomic E-state index is 0.0985. The standard InChI is InChI=1S/C12H17BrClN3O2/c1-12(2,3)19-11(18)17-6-4-5-7(17)10-15-8(13)9(14)16-10/h7H,4-6H2,1-3H3,(H,15,16)/t7-/m0/s1. The number of aromatic nitrogens is 2. The molecule has 1 atom stereocenters. The van der Waals surface area contributed by atoms with Gasteiger partial charge in [-0.05, 0) is 49.5 Å². The molecule has 2 heterocycles. The Morgan fingerprint density at radius 2 is 2.26 bits per heavy atom. The number of nitrogens with one attached hydrogen (secondary N) is 1. The van der Waals surface area contributed by atoms with Gasteiger partial charge in [0.1, 0.15) is 21.2 Å². The van der Waals surface area contributed by atoms with Gasteiger partial charge in [0.25, 0.3) is 0 Å². The zero-order chi connectivity index (χ0) is 14.2. The van der Waals surface area contributed by atoms with E-state index in [1.54, 1.807) is 4.90 Å². The Bertz CT molecular complexity index is 464. The quantitative estimate of drug-likeness (QED) is 0.835. The lowest BCUT2D eigenvalue weighted by Gasteiger charge is -2.27. The number of halogens is 2. The van der Waals surface area contributed by atoms with E-state index in [9.17, 15) is 4.79 Å². The number of rotatable bonds is 1. The van der Waals surface area contributed by atoms with Crippen LogP contribution in [0.1, 0.15) is 45.5 Å². The number of ether oxygens (including phenoxy) is 1. The molecule has 19 heavy (non-hydrogen) atoms. The first-order valence-corrected chi connectivity index (χ1v) is 7.35. The molecule has 106 valence electrons. The Hall–Kier alpha value is -0.750. The van der Waals surface area contributed by atoms with Gasteiger partial charge in [-0.15, -0.1) is 0 Å². The van der Waals surface area contributed by atoms with Gasteiger partial charge in [0.2, 0.25) is 0 Å². The molecule has 0 aromatic carbocycles. The lowest BCUT2D eigenvalue weighted by molar-refractivity contribution is 0.0218. The van der Waals surface area contributed by atoms with Crippen LogP contribution in [0.2, 0.25) is 5.15 Å². The SMILES string of the molecule is CC(C)(C)OC(=O)N1CCC[C@H]1c1nc(Br)c(Cl)[nH]1. The lowest BCUT2D eigenvalue weighted by atomic mass is 10.2. The summed E-state index contributed by atoms with van der Waals surface area (Å²) in [5, 5.41) is 0.450. The summed E-state index contributed by atoms with van der Waals surface area (Å²) in [6.07, 6.45) is 1.48. The maximum Gasteiger partial charge on any atom is 0.410 e. The second kappa shape index (κ2) is 5.32. The molecule has 0 bridgehead atoms. The molecule has 1 amide bonds. The van der Waals surface area contributed by atoms with Gasteiger partial charge in [-0.1, -0.05) is 11.6 Å². The summed E-state index contributed by atoms with van der Waals surface area (Å²) >= 11 is 9.20. The zero-order valence-electron chi connectivity index (χ0n) is 11.2. The molecule has 0 aliphatic carbocycles. The summed E-state index contributed by atoms with van der Waals surface area (Å²) in [4.78, 5) is 21.1. The topological polar surface area (TPSA) is 58.2 Å². The van der Waals surface area contributed by atoms with E-state index in [0.717, 1.165) is 12.8 Å². The number of hydrogen-bond acceptors (Lipinski definition) is 3. The summed E-state index contributed by atoms with van der Waals surface area (Å²) in [6.45, 7) is 6.25. The van der Waals surface area contributed by atoms with E-state index in [1.165, 1.54) is 0 Å². The summed E-state index contributed by atoms with van der Waals surface area (Å²) in [6, 6.07) is -0.0985. The third kappa shape index (κ3) is 3.42. The van der Waals surface area contributed by atoms with Crippen LogP contribution in [0.3, 0.4) is 0 Å². The monoisotopic (exact) mass is 349 g/mol. The average molecular weight is 351 g/mol. The molecule has 1 aromatic rings. The fourth-order valence-electron chi connectivity index (χ4n) is 2.09. The average Bonchev–Trinajstić information content (AvgIpc) is 2.83. The number of H-pyrrole nitrogens is 1. The van der Waals surface area contributed by atoms with Crippen molar-refractivity contribution in [1.29, 1.82) is 0 Å². The summed E-state index contributed by atoms with van der Waals surface area (Å²) < 4.78 is 5.98. The van der Waals surface area contributed by atoms with Gasteiger partial charge in [-0.2, -0.15) is 0 Å². The predicted octanol–water partition coefficient (Wildman–Crippen LogP) is 3.90. The van der Waals surface area contributed by atoms with E-state index in [-0.39, 0.29) is 12.1 Å².